The smallest absolute Gasteiger partial charge is 0.335 e. The van der Waals surface area contributed by atoms with E-state index in [9.17, 15) is 18.0 Å². The number of likely N-dealkylation sites (tertiary alicyclic amines) is 1. The Morgan fingerprint density at radius 2 is 1.83 bits per heavy atom. The van der Waals surface area contributed by atoms with Crippen LogP contribution in [-0.2, 0) is 6.18 Å². The van der Waals surface area contributed by atoms with Crippen molar-refractivity contribution in [1.82, 2.24) is 24.5 Å². The van der Waals surface area contributed by atoms with Crippen molar-refractivity contribution in [3.05, 3.63) is 53.6 Å². The average Bonchev–Trinajstić information content (AvgIpc) is 3.39. The van der Waals surface area contributed by atoms with Crippen LogP contribution in [0, 0.1) is 11.8 Å². The van der Waals surface area contributed by atoms with Crippen molar-refractivity contribution < 1.29 is 18.0 Å². The van der Waals surface area contributed by atoms with Gasteiger partial charge in [0.2, 0.25) is 5.82 Å². The largest absolute Gasteiger partial charge is 0.416 e. The van der Waals surface area contributed by atoms with Crippen LogP contribution in [0.1, 0.15) is 40.5 Å². The van der Waals surface area contributed by atoms with E-state index in [-0.39, 0.29) is 35.3 Å². The summed E-state index contributed by atoms with van der Waals surface area (Å²) in [5.41, 5.74) is 0.221. The SMILES string of the molecule is [B]c1cnc2nc(C(=O)N3C[C@H]4CC(c5ccccc5C(F)(F)F)C[C@H]4C3)nn2c1. The molecule has 1 amide bonds. The van der Waals surface area contributed by atoms with Gasteiger partial charge in [0.25, 0.3) is 11.7 Å². The average molecular weight is 411 g/mol. The molecule has 3 heterocycles. The number of hydrogen-bond donors (Lipinski definition) is 0. The molecular weight excluding hydrogens is 394 g/mol. The van der Waals surface area contributed by atoms with Crippen LogP contribution in [0.5, 0.6) is 0 Å². The molecule has 1 aromatic carbocycles. The molecule has 1 saturated heterocycles. The molecule has 3 aromatic rings. The van der Waals surface area contributed by atoms with E-state index in [4.69, 9.17) is 7.85 Å². The summed E-state index contributed by atoms with van der Waals surface area (Å²) >= 11 is 0. The Balaban J connectivity index is 1.31. The number of alkyl halides is 3. The summed E-state index contributed by atoms with van der Waals surface area (Å²) in [6.45, 7) is 0.999. The molecule has 2 aliphatic rings. The van der Waals surface area contributed by atoms with Gasteiger partial charge in [-0.1, -0.05) is 23.7 Å². The highest BCUT2D eigenvalue weighted by molar-refractivity contribution is 6.31. The Morgan fingerprint density at radius 3 is 2.53 bits per heavy atom. The normalized spacial score (nSPS) is 23.8. The first-order valence-corrected chi connectivity index (χ1v) is 9.73. The highest BCUT2D eigenvalue weighted by atomic mass is 19.4. The first-order valence-electron chi connectivity index (χ1n) is 9.73. The second kappa shape index (κ2) is 6.82. The molecule has 0 N–H and O–H groups in total. The van der Waals surface area contributed by atoms with Gasteiger partial charge in [-0.15, -0.1) is 5.10 Å². The van der Waals surface area contributed by atoms with Crippen molar-refractivity contribution in [3.63, 3.8) is 0 Å². The summed E-state index contributed by atoms with van der Waals surface area (Å²) < 4.78 is 41.5. The Hall–Kier alpha value is -2.91. The van der Waals surface area contributed by atoms with Gasteiger partial charge >= 0.3 is 6.18 Å². The van der Waals surface area contributed by atoms with Crippen LogP contribution in [0.25, 0.3) is 5.78 Å². The summed E-state index contributed by atoms with van der Waals surface area (Å²) in [4.78, 5) is 22.7. The Labute approximate surface area is 171 Å². The van der Waals surface area contributed by atoms with Crippen LogP contribution in [0.15, 0.2) is 36.7 Å². The monoisotopic (exact) mass is 411 g/mol. The Morgan fingerprint density at radius 1 is 1.13 bits per heavy atom. The first kappa shape index (κ1) is 19.1. The predicted molar refractivity (Wildman–Crippen MR) is 102 cm³/mol. The molecule has 6 nitrogen and oxygen atoms in total. The molecule has 5 rings (SSSR count). The lowest BCUT2D eigenvalue weighted by atomic mass is 9.91. The lowest BCUT2D eigenvalue weighted by Crippen LogP contribution is -2.30. The lowest BCUT2D eigenvalue weighted by Gasteiger charge is -2.21. The van der Waals surface area contributed by atoms with E-state index in [1.165, 1.54) is 23.0 Å². The van der Waals surface area contributed by atoms with Gasteiger partial charge in [-0.25, -0.2) is 9.50 Å². The van der Waals surface area contributed by atoms with E-state index in [2.05, 4.69) is 15.1 Å². The summed E-state index contributed by atoms with van der Waals surface area (Å²) in [7, 11) is 5.67. The number of rotatable bonds is 2. The van der Waals surface area contributed by atoms with Gasteiger partial charge in [-0.2, -0.15) is 18.2 Å². The summed E-state index contributed by atoms with van der Waals surface area (Å²) in [5, 5.41) is 4.16. The number of carbonyl (C=O) groups is 1. The van der Waals surface area contributed by atoms with E-state index >= 15 is 0 Å². The van der Waals surface area contributed by atoms with E-state index in [0.717, 1.165) is 6.07 Å². The maximum atomic E-state index is 13.4. The van der Waals surface area contributed by atoms with Crippen molar-refractivity contribution in [2.75, 3.05) is 13.1 Å². The number of carbonyl (C=O) groups excluding carboxylic acids is 1. The maximum absolute atomic E-state index is 13.4. The zero-order chi connectivity index (χ0) is 21.0. The summed E-state index contributed by atoms with van der Waals surface area (Å²) in [6, 6.07) is 5.81. The van der Waals surface area contributed by atoms with Crippen LogP contribution in [0.2, 0.25) is 0 Å². The second-order valence-corrected chi connectivity index (χ2v) is 8.05. The quantitative estimate of drug-likeness (QED) is 0.607. The molecule has 0 bridgehead atoms. The van der Waals surface area contributed by atoms with Gasteiger partial charge in [0.1, 0.15) is 7.85 Å². The van der Waals surface area contributed by atoms with Crippen LogP contribution in [0.3, 0.4) is 0 Å². The Kier molecular flexibility index (Phi) is 4.34. The molecule has 1 unspecified atom stereocenters. The van der Waals surface area contributed by atoms with Gasteiger partial charge in [0, 0.05) is 25.5 Å². The summed E-state index contributed by atoms with van der Waals surface area (Å²) in [6.07, 6.45) is -0.107. The van der Waals surface area contributed by atoms with E-state index < -0.39 is 11.7 Å². The van der Waals surface area contributed by atoms with Crippen LogP contribution in [-0.4, -0.2) is 51.3 Å². The fraction of sp³-hybridized carbons (Fsp3) is 0.400. The Bertz CT molecular complexity index is 1120. The fourth-order valence-electron chi connectivity index (χ4n) is 4.86. The van der Waals surface area contributed by atoms with Crippen LogP contribution < -0.4 is 5.46 Å². The lowest BCUT2D eigenvalue weighted by molar-refractivity contribution is -0.138. The number of aromatic nitrogens is 4. The number of hydrogen-bond acceptors (Lipinski definition) is 4. The third kappa shape index (κ3) is 3.24. The van der Waals surface area contributed by atoms with E-state index in [1.807, 2.05) is 0 Å². The zero-order valence-corrected chi connectivity index (χ0v) is 15.9. The van der Waals surface area contributed by atoms with E-state index in [0.29, 0.717) is 37.0 Å². The highest BCUT2D eigenvalue weighted by Crippen LogP contribution is 2.48. The van der Waals surface area contributed by atoms with Crippen molar-refractivity contribution >= 4 is 25.0 Å². The molecule has 10 heteroatoms. The third-order valence-corrected chi connectivity index (χ3v) is 6.15. The summed E-state index contributed by atoms with van der Waals surface area (Å²) in [5.74, 6) is 0.246. The van der Waals surface area contributed by atoms with Gasteiger partial charge in [-0.3, -0.25) is 4.79 Å². The predicted octanol–water partition coefficient (Wildman–Crippen LogP) is 2.20. The standard InChI is InChI=1S/C20H17BF3N5O/c21-14-7-25-19-26-17(27-29(19)10-14)18(30)28-8-12-5-11(6-13(12)9-28)15-3-1-2-4-16(15)20(22,23)24/h1-4,7,10-13H,5-6,8-9H2/t11?,12-,13+. The minimum absolute atomic E-state index is 0.0482. The van der Waals surface area contributed by atoms with Gasteiger partial charge < -0.3 is 4.90 Å². The van der Waals surface area contributed by atoms with Crippen molar-refractivity contribution in [2.24, 2.45) is 11.8 Å². The molecule has 30 heavy (non-hydrogen) atoms. The number of nitrogens with zero attached hydrogens (tertiary/aromatic N) is 5. The minimum atomic E-state index is -4.36. The fourth-order valence-corrected chi connectivity index (χ4v) is 4.86. The van der Waals surface area contributed by atoms with Crippen molar-refractivity contribution in [1.29, 1.82) is 0 Å². The first-order chi connectivity index (χ1) is 14.3. The number of fused-ring (bicyclic) bond motifs is 2. The number of halogens is 3. The van der Waals surface area contributed by atoms with Crippen molar-refractivity contribution in [3.8, 4) is 0 Å². The maximum Gasteiger partial charge on any atom is 0.416 e. The minimum Gasteiger partial charge on any atom is -0.335 e. The topological polar surface area (TPSA) is 63.4 Å². The van der Waals surface area contributed by atoms with Gasteiger partial charge in [0.05, 0.1) is 5.56 Å². The van der Waals surface area contributed by atoms with Gasteiger partial charge in [0.15, 0.2) is 0 Å². The van der Waals surface area contributed by atoms with Gasteiger partial charge in [-0.05, 0) is 42.2 Å². The molecule has 152 valence electrons. The number of amides is 1. The molecule has 2 aromatic heterocycles. The number of benzene rings is 1. The third-order valence-electron chi connectivity index (χ3n) is 6.15. The zero-order valence-electron chi connectivity index (χ0n) is 15.9. The molecule has 2 fully saturated rings. The molecule has 0 spiro atoms. The molecule has 1 aliphatic carbocycles. The van der Waals surface area contributed by atoms with Crippen LogP contribution in [0.4, 0.5) is 13.2 Å². The molecule has 2 radical (unpaired) electrons. The molecule has 1 saturated carbocycles. The highest BCUT2D eigenvalue weighted by Gasteiger charge is 2.45. The van der Waals surface area contributed by atoms with E-state index in [1.54, 1.807) is 17.0 Å². The van der Waals surface area contributed by atoms with Crippen LogP contribution >= 0.6 is 0 Å². The molecule has 3 atom stereocenters. The van der Waals surface area contributed by atoms with Crippen molar-refractivity contribution in [2.45, 2.75) is 24.9 Å². The molecular formula is C20H17BF3N5O. The molecule has 1 aliphatic heterocycles. The second-order valence-electron chi connectivity index (χ2n) is 8.05.